The predicted octanol–water partition coefficient (Wildman–Crippen LogP) is 2.42. The van der Waals surface area contributed by atoms with E-state index >= 15 is 0 Å². The number of aryl methyl sites for hydroxylation is 1. The Labute approximate surface area is 96.1 Å². The van der Waals surface area contributed by atoms with Crippen LogP contribution >= 0.6 is 0 Å². The highest BCUT2D eigenvalue weighted by molar-refractivity contribution is 5.74. The molecular weight excluding hydrogens is 204 g/mol. The van der Waals surface area contributed by atoms with Crippen molar-refractivity contribution < 1.29 is 14.6 Å². The van der Waals surface area contributed by atoms with Crippen molar-refractivity contribution in [2.45, 2.75) is 34.1 Å². The maximum Gasteiger partial charge on any atom is 0.310 e. The third kappa shape index (κ3) is 2.54. The molecule has 0 spiro atoms. The number of aromatic hydroxyl groups is 1. The zero-order valence-corrected chi connectivity index (χ0v) is 10.3. The molecule has 0 atom stereocenters. The quantitative estimate of drug-likeness (QED) is 0.799. The Kier molecular flexibility index (Phi) is 3.93. The SMILES string of the molecule is CCOC(=O)Cc1c(C)cc(O)c(C)c1C. The molecule has 0 amide bonds. The summed E-state index contributed by atoms with van der Waals surface area (Å²) in [6.07, 6.45) is 0.270. The van der Waals surface area contributed by atoms with Gasteiger partial charge in [0.25, 0.3) is 0 Å². The molecule has 0 aliphatic carbocycles. The maximum atomic E-state index is 11.4. The van der Waals surface area contributed by atoms with E-state index in [9.17, 15) is 9.90 Å². The Morgan fingerprint density at radius 1 is 1.31 bits per heavy atom. The van der Waals surface area contributed by atoms with Gasteiger partial charge in [0.05, 0.1) is 13.0 Å². The van der Waals surface area contributed by atoms with E-state index < -0.39 is 0 Å². The normalized spacial score (nSPS) is 10.2. The second kappa shape index (κ2) is 5.01. The van der Waals surface area contributed by atoms with E-state index in [1.54, 1.807) is 13.0 Å². The van der Waals surface area contributed by atoms with Crippen LogP contribution in [0.3, 0.4) is 0 Å². The van der Waals surface area contributed by atoms with Gasteiger partial charge in [-0.1, -0.05) is 0 Å². The lowest BCUT2D eigenvalue weighted by Crippen LogP contribution is -2.10. The van der Waals surface area contributed by atoms with E-state index in [2.05, 4.69) is 0 Å². The molecule has 1 aromatic rings. The van der Waals surface area contributed by atoms with Crippen molar-refractivity contribution in [1.82, 2.24) is 0 Å². The van der Waals surface area contributed by atoms with Crippen LogP contribution in [0.4, 0.5) is 0 Å². The van der Waals surface area contributed by atoms with Crippen LogP contribution in [0.2, 0.25) is 0 Å². The molecule has 0 saturated carbocycles. The summed E-state index contributed by atoms with van der Waals surface area (Å²) in [5.41, 5.74) is 3.66. The number of rotatable bonds is 3. The maximum absolute atomic E-state index is 11.4. The third-order valence-corrected chi connectivity index (χ3v) is 2.86. The Bertz CT molecular complexity index is 408. The number of hydrogen-bond donors (Lipinski definition) is 1. The molecule has 0 heterocycles. The number of hydrogen-bond acceptors (Lipinski definition) is 3. The van der Waals surface area contributed by atoms with Gasteiger partial charge >= 0.3 is 5.97 Å². The van der Waals surface area contributed by atoms with Gasteiger partial charge in [0.1, 0.15) is 5.75 Å². The van der Waals surface area contributed by atoms with E-state index in [0.717, 1.165) is 22.3 Å². The molecule has 0 saturated heterocycles. The molecular formula is C13H18O3. The monoisotopic (exact) mass is 222 g/mol. The standard InChI is InChI=1S/C13H18O3/c1-5-16-13(15)7-11-8(2)6-12(14)10(4)9(11)3/h6,14H,5,7H2,1-4H3. The molecule has 16 heavy (non-hydrogen) atoms. The molecule has 0 radical (unpaired) electrons. The minimum atomic E-state index is -0.223. The van der Waals surface area contributed by atoms with Crippen molar-refractivity contribution in [2.24, 2.45) is 0 Å². The highest BCUT2D eigenvalue weighted by atomic mass is 16.5. The van der Waals surface area contributed by atoms with Crippen LogP contribution in [-0.2, 0) is 16.0 Å². The Morgan fingerprint density at radius 2 is 1.94 bits per heavy atom. The first-order chi connectivity index (χ1) is 7.47. The first-order valence-corrected chi connectivity index (χ1v) is 5.41. The van der Waals surface area contributed by atoms with Crippen molar-refractivity contribution in [3.8, 4) is 5.75 Å². The summed E-state index contributed by atoms with van der Waals surface area (Å²) in [5.74, 6) is 0.0569. The average molecular weight is 222 g/mol. The van der Waals surface area contributed by atoms with Crippen LogP contribution in [0.15, 0.2) is 6.07 Å². The molecule has 0 aliphatic rings. The molecule has 1 rings (SSSR count). The number of benzene rings is 1. The lowest BCUT2D eigenvalue weighted by molar-refractivity contribution is -0.142. The smallest absolute Gasteiger partial charge is 0.310 e. The van der Waals surface area contributed by atoms with Crippen LogP contribution in [0.5, 0.6) is 5.75 Å². The summed E-state index contributed by atoms with van der Waals surface area (Å²) in [6.45, 7) is 7.84. The number of esters is 1. The van der Waals surface area contributed by atoms with Crippen LogP contribution in [0.1, 0.15) is 29.2 Å². The zero-order valence-electron chi connectivity index (χ0n) is 10.3. The molecule has 0 aliphatic heterocycles. The van der Waals surface area contributed by atoms with Crippen molar-refractivity contribution in [3.63, 3.8) is 0 Å². The number of phenols is 1. The summed E-state index contributed by atoms with van der Waals surface area (Å²) in [5, 5.41) is 9.63. The summed E-state index contributed by atoms with van der Waals surface area (Å²) >= 11 is 0. The van der Waals surface area contributed by atoms with Gasteiger partial charge in [0.2, 0.25) is 0 Å². The van der Waals surface area contributed by atoms with E-state index in [1.165, 1.54) is 0 Å². The zero-order chi connectivity index (χ0) is 12.3. The van der Waals surface area contributed by atoms with E-state index in [-0.39, 0.29) is 18.1 Å². The number of carbonyl (C=O) groups is 1. The minimum Gasteiger partial charge on any atom is -0.508 e. The highest BCUT2D eigenvalue weighted by Crippen LogP contribution is 2.26. The highest BCUT2D eigenvalue weighted by Gasteiger charge is 2.13. The fourth-order valence-corrected chi connectivity index (χ4v) is 1.74. The molecule has 3 heteroatoms. The molecule has 88 valence electrons. The molecule has 1 N–H and O–H groups in total. The number of ether oxygens (including phenoxy) is 1. The fraction of sp³-hybridized carbons (Fsp3) is 0.462. The van der Waals surface area contributed by atoms with Gasteiger partial charge in [-0.2, -0.15) is 0 Å². The first-order valence-electron chi connectivity index (χ1n) is 5.41. The van der Waals surface area contributed by atoms with Crippen molar-refractivity contribution in [2.75, 3.05) is 6.61 Å². The fourth-order valence-electron chi connectivity index (χ4n) is 1.74. The third-order valence-electron chi connectivity index (χ3n) is 2.86. The molecule has 0 bridgehead atoms. The van der Waals surface area contributed by atoms with E-state index in [4.69, 9.17) is 4.74 Å². The number of carbonyl (C=O) groups excluding carboxylic acids is 1. The largest absolute Gasteiger partial charge is 0.508 e. The van der Waals surface area contributed by atoms with Crippen molar-refractivity contribution >= 4 is 5.97 Å². The van der Waals surface area contributed by atoms with E-state index in [1.807, 2.05) is 20.8 Å². The second-order valence-corrected chi connectivity index (χ2v) is 3.92. The Morgan fingerprint density at radius 3 is 2.50 bits per heavy atom. The summed E-state index contributed by atoms with van der Waals surface area (Å²) < 4.78 is 4.92. The van der Waals surface area contributed by atoms with Gasteiger partial charge in [-0.05, 0) is 56.0 Å². The van der Waals surface area contributed by atoms with E-state index in [0.29, 0.717) is 6.61 Å². The molecule has 0 unspecified atom stereocenters. The van der Waals surface area contributed by atoms with Crippen LogP contribution in [0.25, 0.3) is 0 Å². The molecule has 0 fully saturated rings. The van der Waals surface area contributed by atoms with Gasteiger partial charge in [-0.25, -0.2) is 0 Å². The van der Waals surface area contributed by atoms with Crippen LogP contribution < -0.4 is 0 Å². The lowest BCUT2D eigenvalue weighted by Gasteiger charge is -2.13. The van der Waals surface area contributed by atoms with Gasteiger partial charge in [-0.15, -0.1) is 0 Å². The molecule has 3 nitrogen and oxygen atoms in total. The topological polar surface area (TPSA) is 46.5 Å². The van der Waals surface area contributed by atoms with Crippen molar-refractivity contribution in [1.29, 1.82) is 0 Å². The average Bonchev–Trinajstić information content (AvgIpc) is 2.22. The number of phenolic OH excluding ortho intramolecular Hbond substituents is 1. The Balaban J connectivity index is 3.05. The summed E-state index contributed by atoms with van der Waals surface area (Å²) in [7, 11) is 0. The predicted molar refractivity (Wildman–Crippen MR) is 62.7 cm³/mol. The first kappa shape index (κ1) is 12.6. The van der Waals surface area contributed by atoms with Crippen LogP contribution in [-0.4, -0.2) is 17.7 Å². The summed E-state index contributed by atoms with van der Waals surface area (Å²) in [4.78, 5) is 11.4. The van der Waals surface area contributed by atoms with Gasteiger partial charge < -0.3 is 9.84 Å². The van der Waals surface area contributed by atoms with Crippen LogP contribution in [0, 0.1) is 20.8 Å². The van der Waals surface area contributed by atoms with Gasteiger partial charge in [-0.3, -0.25) is 4.79 Å². The summed E-state index contributed by atoms with van der Waals surface area (Å²) in [6, 6.07) is 1.69. The van der Waals surface area contributed by atoms with Gasteiger partial charge in [0, 0.05) is 0 Å². The second-order valence-electron chi connectivity index (χ2n) is 3.92. The lowest BCUT2D eigenvalue weighted by atomic mass is 9.95. The molecule has 1 aromatic carbocycles. The van der Waals surface area contributed by atoms with Gasteiger partial charge in [0.15, 0.2) is 0 Å². The molecule has 0 aromatic heterocycles. The van der Waals surface area contributed by atoms with Crippen molar-refractivity contribution in [3.05, 3.63) is 28.3 Å². The minimum absolute atomic E-state index is 0.223. The Hall–Kier alpha value is -1.51.